The van der Waals surface area contributed by atoms with E-state index < -0.39 is 10.0 Å². The van der Waals surface area contributed by atoms with Crippen molar-refractivity contribution in [2.24, 2.45) is 0 Å². The van der Waals surface area contributed by atoms with E-state index in [2.05, 4.69) is 155 Å². The molecule has 4 aromatic carbocycles. The zero-order valence-electron chi connectivity index (χ0n) is 18.4. The van der Waals surface area contributed by atoms with Crippen molar-refractivity contribution in [3.8, 4) is 0 Å². The van der Waals surface area contributed by atoms with Crippen molar-refractivity contribution in [3.63, 3.8) is 0 Å². The Labute approximate surface area is 198 Å². The summed E-state index contributed by atoms with van der Waals surface area (Å²) in [6, 6.07) is 42.8. The minimum absolute atomic E-state index is 1.23. The third-order valence-corrected chi connectivity index (χ3v) is 8.27. The van der Waals surface area contributed by atoms with Gasteiger partial charge in [0.2, 0.25) is 0 Å². The van der Waals surface area contributed by atoms with E-state index in [9.17, 15) is 0 Å². The summed E-state index contributed by atoms with van der Waals surface area (Å²) in [5.74, 6) is 0. The van der Waals surface area contributed by atoms with Crippen molar-refractivity contribution in [2.45, 2.75) is 0 Å². The van der Waals surface area contributed by atoms with Gasteiger partial charge in [-0.2, -0.15) is 10.0 Å². The molecule has 0 aromatic heterocycles. The summed E-state index contributed by atoms with van der Waals surface area (Å²) >= 11 is 0. The summed E-state index contributed by atoms with van der Waals surface area (Å²) in [7, 11) is -1.44. The third-order valence-electron chi connectivity index (χ3n) is 5.72. The standard InChI is InChI=1S/C32H26S/c1-5-15-27(16-6-1)31(28-17-7-2-8-18-28)25-33(23-13-14-24-33)26-32(29-19-9-3-10-20-29)30-21-11-4-12-22-30/h1-26H. The number of benzene rings is 4. The van der Waals surface area contributed by atoms with Crippen molar-refractivity contribution in [3.05, 3.63) is 177 Å². The Kier molecular flexibility index (Phi) is 6.23. The second-order valence-electron chi connectivity index (χ2n) is 8.00. The van der Waals surface area contributed by atoms with E-state index in [1.165, 1.54) is 33.4 Å². The van der Waals surface area contributed by atoms with Gasteiger partial charge in [-0.1, -0.05) is 133 Å². The summed E-state index contributed by atoms with van der Waals surface area (Å²) in [5, 5.41) is 9.68. The lowest BCUT2D eigenvalue weighted by atomic mass is 10.00. The molecule has 0 radical (unpaired) electrons. The molecule has 0 N–H and O–H groups in total. The lowest BCUT2D eigenvalue weighted by Gasteiger charge is -2.27. The van der Waals surface area contributed by atoms with Crippen LogP contribution in [0.1, 0.15) is 22.3 Å². The Morgan fingerprint density at radius 1 is 0.394 bits per heavy atom. The Hall–Kier alpha value is -3.81. The zero-order chi connectivity index (χ0) is 22.3. The molecule has 1 heteroatoms. The number of allylic oxidation sites excluding steroid dienone is 2. The largest absolute Gasteiger partial charge is 0.159 e. The summed E-state index contributed by atoms with van der Waals surface area (Å²) in [4.78, 5) is 0. The molecular formula is C32H26S. The van der Waals surface area contributed by atoms with Crippen LogP contribution in [0.25, 0.3) is 11.1 Å². The van der Waals surface area contributed by atoms with Gasteiger partial charge in [-0.3, -0.25) is 0 Å². The van der Waals surface area contributed by atoms with E-state index in [0.29, 0.717) is 0 Å². The lowest BCUT2D eigenvalue weighted by molar-refractivity contribution is 1.55. The first-order valence-electron chi connectivity index (χ1n) is 11.2. The first-order chi connectivity index (χ1) is 16.3. The van der Waals surface area contributed by atoms with Gasteiger partial charge in [-0.05, 0) is 55.0 Å². The number of hydrogen-bond acceptors (Lipinski definition) is 0. The van der Waals surface area contributed by atoms with Crippen molar-refractivity contribution < 1.29 is 0 Å². The SMILES string of the molecule is C1=CS(C=C(c2ccccc2)c2ccccc2)(C=C(c2ccccc2)c2ccccc2)C=C1. The molecule has 33 heavy (non-hydrogen) atoms. The monoisotopic (exact) mass is 442 g/mol. The average Bonchev–Trinajstić information content (AvgIpc) is 3.36. The second kappa shape index (κ2) is 9.77. The van der Waals surface area contributed by atoms with Crippen LogP contribution in [-0.4, -0.2) is 0 Å². The van der Waals surface area contributed by atoms with Crippen LogP contribution in [0.4, 0.5) is 0 Å². The van der Waals surface area contributed by atoms with Crippen LogP contribution in [0.2, 0.25) is 0 Å². The van der Waals surface area contributed by atoms with Gasteiger partial charge in [0.1, 0.15) is 0 Å². The molecule has 0 unspecified atom stereocenters. The van der Waals surface area contributed by atoms with E-state index in [1.807, 2.05) is 0 Å². The van der Waals surface area contributed by atoms with Gasteiger partial charge in [0.05, 0.1) is 0 Å². The van der Waals surface area contributed by atoms with Crippen LogP contribution in [0, 0.1) is 0 Å². The molecule has 0 atom stereocenters. The van der Waals surface area contributed by atoms with Crippen LogP contribution in [-0.2, 0) is 0 Å². The molecule has 0 spiro atoms. The van der Waals surface area contributed by atoms with Crippen molar-refractivity contribution in [2.75, 3.05) is 0 Å². The Morgan fingerprint density at radius 3 is 0.939 bits per heavy atom. The highest BCUT2D eigenvalue weighted by Gasteiger charge is 2.20. The lowest BCUT2D eigenvalue weighted by Crippen LogP contribution is -1.94. The minimum Gasteiger partial charge on any atom is -0.159 e. The quantitative estimate of drug-likeness (QED) is 0.279. The Morgan fingerprint density at radius 2 is 0.667 bits per heavy atom. The molecule has 1 heterocycles. The molecule has 0 bridgehead atoms. The van der Waals surface area contributed by atoms with Gasteiger partial charge in [-0.15, -0.1) is 0 Å². The van der Waals surface area contributed by atoms with Crippen molar-refractivity contribution in [1.82, 2.24) is 0 Å². The Bertz CT molecular complexity index is 1120. The molecule has 160 valence electrons. The maximum Gasteiger partial charge on any atom is -0.00544 e. The molecule has 5 rings (SSSR count). The zero-order valence-corrected chi connectivity index (χ0v) is 19.2. The van der Waals surface area contributed by atoms with E-state index >= 15 is 0 Å². The van der Waals surface area contributed by atoms with Crippen LogP contribution >= 0.6 is 10.0 Å². The van der Waals surface area contributed by atoms with Crippen LogP contribution < -0.4 is 0 Å². The number of rotatable bonds is 6. The molecule has 0 saturated carbocycles. The van der Waals surface area contributed by atoms with Crippen LogP contribution in [0.5, 0.6) is 0 Å². The highest BCUT2D eigenvalue weighted by molar-refractivity contribution is 8.43. The normalized spacial score (nSPS) is 14.4. The van der Waals surface area contributed by atoms with Gasteiger partial charge < -0.3 is 0 Å². The smallest absolute Gasteiger partial charge is 0.00544 e. The van der Waals surface area contributed by atoms with E-state index in [0.717, 1.165) is 0 Å². The van der Waals surface area contributed by atoms with Gasteiger partial charge in [-0.25, -0.2) is 0 Å². The molecule has 1 aliphatic heterocycles. The first kappa shape index (κ1) is 21.1. The van der Waals surface area contributed by atoms with Crippen molar-refractivity contribution in [1.29, 1.82) is 0 Å². The molecule has 0 fully saturated rings. The molecule has 0 saturated heterocycles. The van der Waals surface area contributed by atoms with Gasteiger partial charge in [0.15, 0.2) is 0 Å². The van der Waals surface area contributed by atoms with E-state index in [4.69, 9.17) is 0 Å². The maximum atomic E-state index is 2.48. The summed E-state index contributed by atoms with van der Waals surface area (Å²) in [6.07, 6.45) is 4.37. The summed E-state index contributed by atoms with van der Waals surface area (Å²) in [6.45, 7) is 0. The topological polar surface area (TPSA) is 0 Å². The van der Waals surface area contributed by atoms with Crippen LogP contribution in [0.15, 0.2) is 155 Å². The molecule has 4 aromatic rings. The third kappa shape index (κ3) is 4.84. The predicted octanol–water partition coefficient (Wildman–Crippen LogP) is 9.01. The molecule has 0 aliphatic carbocycles. The fourth-order valence-corrected chi connectivity index (χ4v) is 6.64. The fraction of sp³-hybridized carbons (Fsp3) is 0. The molecule has 1 aliphatic rings. The minimum atomic E-state index is -1.44. The summed E-state index contributed by atoms with van der Waals surface area (Å²) in [5.41, 5.74) is 7.47. The summed E-state index contributed by atoms with van der Waals surface area (Å²) < 4.78 is 0. The fourth-order valence-electron chi connectivity index (χ4n) is 4.08. The van der Waals surface area contributed by atoms with Gasteiger partial charge >= 0.3 is 0 Å². The van der Waals surface area contributed by atoms with E-state index in [-0.39, 0.29) is 0 Å². The maximum absolute atomic E-state index is 2.48. The highest BCUT2D eigenvalue weighted by atomic mass is 32.3. The second-order valence-corrected chi connectivity index (χ2v) is 10.6. The Balaban J connectivity index is 1.72. The molecule has 0 nitrogen and oxygen atoms in total. The van der Waals surface area contributed by atoms with E-state index in [1.54, 1.807) is 0 Å². The molecular weight excluding hydrogens is 416 g/mol. The van der Waals surface area contributed by atoms with Gasteiger partial charge in [0.25, 0.3) is 0 Å². The van der Waals surface area contributed by atoms with Crippen molar-refractivity contribution >= 4 is 21.2 Å². The highest BCUT2D eigenvalue weighted by Crippen LogP contribution is 2.60. The number of hydrogen-bond donors (Lipinski definition) is 0. The van der Waals surface area contributed by atoms with Gasteiger partial charge in [0, 0.05) is 0 Å². The first-order valence-corrected chi connectivity index (χ1v) is 13.0. The van der Waals surface area contributed by atoms with Crippen LogP contribution in [0.3, 0.4) is 0 Å². The average molecular weight is 443 g/mol. The molecule has 0 amide bonds. The predicted molar refractivity (Wildman–Crippen MR) is 146 cm³/mol.